The molecule has 6 rings (SSSR count). The SMILES string of the molecule is O=C1/C(=C/c2ccccc2)SC(=Nc2cccc3ccccc23)N1c1cccc2ccccc12. The van der Waals surface area contributed by atoms with Crippen molar-refractivity contribution in [2.75, 3.05) is 4.90 Å². The van der Waals surface area contributed by atoms with E-state index in [1.54, 1.807) is 4.90 Å². The zero-order chi connectivity index (χ0) is 22.9. The number of nitrogens with zero attached hydrogens (tertiary/aromatic N) is 2. The molecular weight excluding hydrogens is 436 g/mol. The zero-order valence-electron chi connectivity index (χ0n) is 18.3. The minimum absolute atomic E-state index is 0.0656. The Labute approximate surface area is 202 Å². The minimum atomic E-state index is -0.0656. The molecule has 0 aliphatic carbocycles. The molecule has 0 saturated carbocycles. The summed E-state index contributed by atoms with van der Waals surface area (Å²) < 4.78 is 0. The Morgan fingerprint density at radius 2 is 1.26 bits per heavy atom. The number of thioether (sulfide) groups is 1. The summed E-state index contributed by atoms with van der Waals surface area (Å²) in [6.45, 7) is 0. The van der Waals surface area contributed by atoms with E-state index in [1.165, 1.54) is 11.8 Å². The third-order valence-corrected chi connectivity index (χ3v) is 6.86. The molecule has 162 valence electrons. The minimum Gasteiger partial charge on any atom is -0.268 e. The number of amides is 1. The highest BCUT2D eigenvalue weighted by molar-refractivity contribution is 8.19. The fourth-order valence-corrected chi connectivity index (χ4v) is 5.26. The molecule has 0 spiro atoms. The van der Waals surface area contributed by atoms with E-state index in [-0.39, 0.29) is 5.91 Å². The maximum absolute atomic E-state index is 13.8. The summed E-state index contributed by atoms with van der Waals surface area (Å²) in [4.78, 5) is 21.2. The summed E-state index contributed by atoms with van der Waals surface area (Å²) in [5.41, 5.74) is 2.67. The average molecular weight is 457 g/mol. The molecule has 5 aromatic rings. The molecule has 1 aliphatic heterocycles. The molecule has 1 saturated heterocycles. The molecule has 0 unspecified atom stereocenters. The first kappa shape index (κ1) is 20.5. The van der Waals surface area contributed by atoms with Gasteiger partial charge in [-0.05, 0) is 46.3 Å². The first-order valence-corrected chi connectivity index (χ1v) is 11.9. The molecule has 0 atom stereocenters. The van der Waals surface area contributed by atoms with Crippen LogP contribution in [0.1, 0.15) is 5.56 Å². The molecule has 3 nitrogen and oxygen atoms in total. The lowest BCUT2D eigenvalue weighted by molar-refractivity contribution is -0.113. The number of hydrogen-bond donors (Lipinski definition) is 0. The van der Waals surface area contributed by atoms with Gasteiger partial charge in [0.05, 0.1) is 16.3 Å². The van der Waals surface area contributed by atoms with Crippen molar-refractivity contribution in [3.63, 3.8) is 0 Å². The molecule has 5 aromatic carbocycles. The second-order valence-electron chi connectivity index (χ2n) is 8.05. The molecule has 1 fully saturated rings. The lowest BCUT2D eigenvalue weighted by atomic mass is 10.1. The van der Waals surface area contributed by atoms with Crippen molar-refractivity contribution < 1.29 is 4.79 Å². The van der Waals surface area contributed by atoms with Crippen LogP contribution in [0.15, 0.2) is 125 Å². The van der Waals surface area contributed by atoms with E-state index in [9.17, 15) is 4.79 Å². The molecule has 0 N–H and O–H groups in total. The molecule has 4 heteroatoms. The van der Waals surface area contributed by atoms with Gasteiger partial charge in [-0.25, -0.2) is 4.99 Å². The molecule has 0 radical (unpaired) electrons. The van der Waals surface area contributed by atoms with E-state index < -0.39 is 0 Å². The van der Waals surface area contributed by atoms with Crippen molar-refractivity contribution in [3.8, 4) is 0 Å². The molecule has 1 heterocycles. The molecule has 34 heavy (non-hydrogen) atoms. The van der Waals surface area contributed by atoms with Crippen molar-refractivity contribution >= 4 is 61.8 Å². The van der Waals surface area contributed by atoms with Gasteiger partial charge < -0.3 is 0 Å². The first-order valence-electron chi connectivity index (χ1n) is 11.1. The fourth-order valence-electron chi connectivity index (χ4n) is 4.27. The summed E-state index contributed by atoms with van der Waals surface area (Å²) in [5.74, 6) is -0.0656. The summed E-state index contributed by atoms with van der Waals surface area (Å²) >= 11 is 1.42. The number of carbonyl (C=O) groups is 1. The van der Waals surface area contributed by atoms with Gasteiger partial charge in [0, 0.05) is 10.8 Å². The summed E-state index contributed by atoms with van der Waals surface area (Å²) in [7, 11) is 0. The Kier molecular flexibility index (Phi) is 5.21. The molecule has 1 aliphatic rings. The number of fused-ring (bicyclic) bond motifs is 2. The Morgan fingerprint density at radius 1 is 0.647 bits per heavy atom. The van der Waals surface area contributed by atoms with Gasteiger partial charge in [0.15, 0.2) is 5.17 Å². The third-order valence-electron chi connectivity index (χ3n) is 5.89. The van der Waals surface area contributed by atoms with Gasteiger partial charge in [0.1, 0.15) is 0 Å². The maximum atomic E-state index is 13.8. The van der Waals surface area contributed by atoms with Gasteiger partial charge in [-0.1, -0.05) is 103 Å². The Bertz CT molecular complexity index is 1590. The Balaban J connectivity index is 1.55. The fraction of sp³-hybridized carbons (Fsp3) is 0. The normalized spacial score (nSPS) is 16.2. The zero-order valence-corrected chi connectivity index (χ0v) is 19.1. The summed E-state index contributed by atoms with van der Waals surface area (Å²) in [6.07, 6.45) is 1.94. The number of hydrogen-bond acceptors (Lipinski definition) is 3. The van der Waals surface area contributed by atoms with E-state index in [1.807, 2.05) is 84.9 Å². The van der Waals surface area contributed by atoms with Crippen molar-refractivity contribution in [2.45, 2.75) is 0 Å². The lowest BCUT2D eigenvalue weighted by Gasteiger charge is -2.18. The highest BCUT2D eigenvalue weighted by Gasteiger charge is 2.35. The number of carbonyl (C=O) groups excluding carboxylic acids is 1. The summed E-state index contributed by atoms with van der Waals surface area (Å²) in [6, 6.07) is 38.4. The van der Waals surface area contributed by atoms with Crippen LogP contribution in [0.2, 0.25) is 0 Å². The number of benzene rings is 5. The molecule has 1 amide bonds. The van der Waals surface area contributed by atoms with Gasteiger partial charge in [-0.2, -0.15) is 0 Å². The van der Waals surface area contributed by atoms with Crippen LogP contribution < -0.4 is 4.90 Å². The van der Waals surface area contributed by atoms with Crippen molar-refractivity contribution in [2.24, 2.45) is 4.99 Å². The van der Waals surface area contributed by atoms with Crippen LogP contribution >= 0.6 is 11.8 Å². The first-order chi connectivity index (χ1) is 16.8. The predicted molar refractivity (Wildman–Crippen MR) is 144 cm³/mol. The van der Waals surface area contributed by atoms with Crippen LogP contribution in [0.4, 0.5) is 11.4 Å². The highest BCUT2D eigenvalue weighted by Crippen LogP contribution is 2.40. The lowest BCUT2D eigenvalue weighted by Crippen LogP contribution is -2.28. The second-order valence-corrected chi connectivity index (χ2v) is 9.06. The molecule has 0 aromatic heterocycles. The average Bonchev–Trinajstić information content (AvgIpc) is 3.18. The van der Waals surface area contributed by atoms with Crippen LogP contribution in [0.3, 0.4) is 0 Å². The quantitative estimate of drug-likeness (QED) is 0.259. The highest BCUT2D eigenvalue weighted by atomic mass is 32.2. The van der Waals surface area contributed by atoms with Gasteiger partial charge in [0.25, 0.3) is 5.91 Å². The maximum Gasteiger partial charge on any atom is 0.271 e. The number of amidine groups is 1. The van der Waals surface area contributed by atoms with Crippen LogP contribution in [0.25, 0.3) is 27.6 Å². The van der Waals surface area contributed by atoms with E-state index in [4.69, 9.17) is 4.99 Å². The topological polar surface area (TPSA) is 32.7 Å². The monoisotopic (exact) mass is 456 g/mol. The van der Waals surface area contributed by atoms with Crippen LogP contribution in [0, 0.1) is 0 Å². The van der Waals surface area contributed by atoms with Gasteiger partial charge in [0.2, 0.25) is 0 Å². The van der Waals surface area contributed by atoms with Crippen LogP contribution in [-0.2, 0) is 4.79 Å². The van der Waals surface area contributed by atoms with Crippen molar-refractivity contribution in [1.29, 1.82) is 0 Å². The van der Waals surface area contributed by atoms with E-state index >= 15 is 0 Å². The number of anilines is 1. The number of aliphatic imine (C=N–C) groups is 1. The van der Waals surface area contributed by atoms with Gasteiger partial charge in [-0.3, -0.25) is 9.69 Å². The Morgan fingerprint density at radius 3 is 2.06 bits per heavy atom. The third kappa shape index (κ3) is 3.68. The van der Waals surface area contributed by atoms with Crippen LogP contribution in [-0.4, -0.2) is 11.1 Å². The van der Waals surface area contributed by atoms with Crippen molar-refractivity contribution in [1.82, 2.24) is 0 Å². The van der Waals surface area contributed by atoms with E-state index in [0.29, 0.717) is 10.1 Å². The summed E-state index contributed by atoms with van der Waals surface area (Å²) in [5, 5.41) is 4.94. The molecular formula is C30H20N2OS. The smallest absolute Gasteiger partial charge is 0.268 e. The largest absolute Gasteiger partial charge is 0.271 e. The molecule has 0 bridgehead atoms. The van der Waals surface area contributed by atoms with E-state index in [0.717, 1.165) is 38.5 Å². The van der Waals surface area contributed by atoms with Gasteiger partial charge >= 0.3 is 0 Å². The Hall–Kier alpha value is -4.15. The van der Waals surface area contributed by atoms with E-state index in [2.05, 4.69) is 36.4 Å². The second kappa shape index (κ2) is 8.65. The number of rotatable bonds is 3. The predicted octanol–water partition coefficient (Wildman–Crippen LogP) is 7.80. The van der Waals surface area contributed by atoms with Gasteiger partial charge in [-0.15, -0.1) is 0 Å². The standard InChI is InChI=1S/C30H20N2OS/c33-29-28(20-21-10-2-1-3-11-21)34-30(31-26-18-8-14-22-12-4-6-16-24(22)26)32(29)27-19-9-15-23-13-5-7-17-25(23)27/h1-20H/b28-20-,31-30?. The van der Waals surface area contributed by atoms with Crippen molar-refractivity contribution in [3.05, 3.63) is 126 Å². The van der Waals surface area contributed by atoms with Crippen LogP contribution in [0.5, 0.6) is 0 Å².